The van der Waals surface area contributed by atoms with Gasteiger partial charge in [-0.15, -0.1) is 10.1 Å². The standard InChI is InChI=1S/C16H13NO7/c18-14-7-6-11(9-15(14)19)8-12(10-23-17(21)22)16(20)24-13-4-2-1-3-5-13/h1-9,18-19H,10H2/b12-8+. The average molecular weight is 331 g/mol. The summed E-state index contributed by atoms with van der Waals surface area (Å²) in [4.78, 5) is 26.8. The maximum atomic E-state index is 12.2. The van der Waals surface area contributed by atoms with E-state index in [0.29, 0.717) is 5.56 Å². The highest BCUT2D eigenvalue weighted by Crippen LogP contribution is 2.26. The molecule has 2 rings (SSSR count). The van der Waals surface area contributed by atoms with Gasteiger partial charge in [0.05, 0.1) is 5.57 Å². The van der Waals surface area contributed by atoms with Crippen molar-refractivity contribution >= 4 is 12.0 Å². The highest BCUT2D eigenvalue weighted by molar-refractivity contribution is 5.95. The molecule has 124 valence electrons. The molecule has 0 aromatic heterocycles. The Bertz CT molecular complexity index is 771. The first-order chi connectivity index (χ1) is 11.5. The van der Waals surface area contributed by atoms with Crippen LogP contribution < -0.4 is 4.74 Å². The number of phenolic OH excluding ortho intramolecular Hbond substituents is 2. The summed E-state index contributed by atoms with van der Waals surface area (Å²) in [7, 11) is 0. The van der Waals surface area contributed by atoms with E-state index in [2.05, 4.69) is 4.84 Å². The molecule has 0 radical (unpaired) electrons. The van der Waals surface area contributed by atoms with E-state index in [-0.39, 0.29) is 17.1 Å². The van der Waals surface area contributed by atoms with Gasteiger partial charge in [0, 0.05) is 0 Å². The molecule has 8 nitrogen and oxygen atoms in total. The molecule has 2 aromatic carbocycles. The molecule has 0 aliphatic carbocycles. The summed E-state index contributed by atoms with van der Waals surface area (Å²) in [6.07, 6.45) is 1.26. The Kier molecular flexibility index (Phi) is 5.35. The van der Waals surface area contributed by atoms with Gasteiger partial charge in [0.1, 0.15) is 12.4 Å². The fourth-order valence-corrected chi connectivity index (χ4v) is 1.77. The Morgan fingerprint density at radius 3 is 2.46 bits per heavy atom. The van der Waals surface area contributed by atoms with E-state index in [1.165, 1.54) is 24.3 Å². The van der Waals surface area contributed by atoms with Gasteiger partial charge in [-0.3, -0.25) is 0 Å². The molecule has 0 aliphatic rings. The van der Waals surface area contributed by atoms with Gasteiger partial charge in [-0.2, -0.15) is 0 Å². The SMILES string of the molecule is O=C(Oc1ccccc1)/C(=C/c1ccc(O)c(O)c1)CO[N+](=O)[O-]. The molecule has 0 unspecified atom stereocenters. The molecular weight excluding hydrogens is 318 g/mol. The van der Waals surface area contributed by atoms with E-state index < -0.39 is 23.4 Å². The van der Waals surface area contributed by atoms with Crippen LogP contribution in [0.2, 0.25) is 0 Å². The zero-order valence-electron chi connectivity index (χ0n) is 12.3. The van der Waals surface area contributed by atoms with Crippen LogP contribution in [0.5, 0.6) is 17.2 Å². The summed E-state index contributed by atoms with van der Waals surface area (Å²) in [5, 5.41) is 28.1. The molecule has 0 saturated carbocycles. The second kappa shape index (κ2) is 7.63. The van der Waals surface area contributed by atoms with Gasteiger partial charge in [0.15, 0.2) is 11.5 Å². The first-order valence-electron chi connectivity index (χ1n) is 6.73. The van der Waals surface area contributed by atoms with E-state index in [9.17, 15) is 25.1 Å². The number of aromatic hydroxyl groups is 2. The molecule has 0 saturated heterocycles. The van der Waals surface area contributed by atoms with Crippen LogP contribution in [0.3, 0.4) is 0 Å². The highest BCUT2D eigenvalue weighted by atomic mass is 16.9. The molecule has 0 spiro atoms. The monoisotopic (exact) mass is 331 g/mol. The molecule has 2 N–H and O–H groups in total. The number of hydrogen-bond acceptors (Lipinski definition) is 7. The van der Waals surface area contributed by atoms with Gasteiger partial charge in [0.2, 0.25) is 0 Å². The largest absolute Gasteiger partial charge is 0.504 e. The Morgan fingerprint density at radius 1 is 1.12 bits per heavy atom. The zero-order valence-corrected chi connectivity index (χ0v) is 12.3. The normalized spacial score (nSPS) is 10.9. The topological polar surface area (TPSA) is 119 Å². The smallest absolute Gasteiger partial charge is 0.341 e. The van der Waals surface area contributed by atoms with Crippen molar-refractivity contribution in [1.29, 1.82) is 0 Å². The molecule has 8 heteroatoms. The molecule has 0 atom stereocenters. The van der Waals surface area contributed by atoms with Crippen molar-refractivity contribution in [2.75, 3.05) is 6.61 Å². The van der Waals surface area contributed by atoms with Crippen molar-refractivity contribution in [3.63, 3.8) is 0 Å². The van der Waals surface area contributed by atoms with Crippen LogP contribution >= 0.6 is 0 Å². The summed E-state index contributed by atoms with van der Waals surface area (Å²) in [6.45, 7) is -0.625. The van der Waals surface area contributed by atoms with Crippen molar-refractivity contribution in [1.82, 2.24) is 0 Å². The van der Waals surface area contributed by atoms with Gasteiger partial charge in [-0.1, -0.05) is 24.3 Å². The zero-order chi connectivity index (χ0) is 17.5. The second-order valence-electron chi connectivity index (χ2n) is 4.62. The Hall–Kier alpha value is -3.55. The first kappa shape index (κ1) is 16.8. The lowest BCUT2D eigenvalue weighted by Gasteiger charge is -2.08. The number of nitrogens with zero attached hydrogens (tertiary/aromatic N) is 1. The lowest BCUT2D eigenvalue weighted by molar-refractivity contribution is -0.755. The minimum absolute atomic E-state index is 0.138. The Balaban J connectivity index is 2.25. The average Bonchev–Trinajstić information content (AvgIpc) is 2.55. The molecule has 0 bridgehead atoms. The van der Waals surface area contributed by atoms with E-state index >= 15 is 0 Å². The highest BCUT2D eigenvalue weighted by Gasteiger charge is 2.15. The third kappa shape index (κ3) is 4.73. The number of esters is 1. The number of ether oxygens (including phenoxy) is 1. The lowest BCUT2D eigenvalue weighted by Crippen LogP contribution is -2.17. The Labute approximate surface area is 136 Å². The fraction of sp³-hybridized carbons (Fsp3) is 0.0625. The number of phenols is 2. The number of benzene rings is 2. The Morgan fingerprint density at radius 2 is 1.83 bits per heavy atom. The summed E-state index contributed by atoms with van der Waals surface area (Å²) in [5.74, 6) is -1.30. The summed E-state index contributed by atoms with van der Waals surface area (Å²) >= 11 is 0. The van der Waals surface area contributed by atoms with Gasteiger partial charge in [0.25, 0.3) is 5.09 Å². The van der Waals surface area contributed by atoms with Crippen molar-refractivity contribution in [2.24, 2.45) is 0 Å². The number of hydrogen-bond donors (Lipinski definition) is 2. The third-order valence-corrected chi connectivity index (χ3v) is 2.88. The van der Waals surface area contributed by atoms with Gasteiger partial charge in [-0.05, 0) is 35.9 Å². The molecule has 2 aromatic rings. The fourth-order valence-electron chi connectivity index (χ4n) is 1.77. The van der Waals surface area contributed by atoms with Crippen LogP contribution in [0.1, 0.15) is 5.56 Å². The summed E-state index contributed by atoms with van der Waals surface area (Å²) < 4.78 is 5.11. The molecular formula is C16H13NO7. The molecule has 0 fully saturated rings. The number of carbonyl (C=O) groups excluding carboxylic acids is 1. The quantitative estimate of drug-likeness (QED) is 0.208. The van der Waals surface area contributed by atoms with E-state index in [0.717, 1.165) is 0 Å². The molecule has 0 aliphatic heterocycles. The third-order valence-electron chi connectivity index (χ3n) is 2.88. The van der Waals surface area contributed by atoms with Crippen molar-refractivity contribution in [3.05, 3.63) is 69.8 Å². The predicted octanol–water partition coefficient (Wildman–Crippen LogP) is 2.30. The van der Waals surface area contributed by atoms with Crippen molar-refractivity contribution in [3.8, 4) is 17.2 Å². The van der Waals surface area contributed by atoms with Crippen LogP contribution in [0.25, 0.3) is 6.08 Å². The van der Waals surface area contributed by atoms with Crippen molar-refractivity contribution in [2.45, 2.75) is 0 Å². The maximum absolute atomic E-state index is 12.2. The van der Waals surface area contributed by atoms with E-state index in [1.807, 2.05) is 0 Å². The second-order valence-corrected chi connectivity index (χ2v) is 4.62. The number of para-hydroxylation sites is 1. The summed E-state index contributed by atoms with van der Waals surface area (Å²) in [5.41, 5.74) is 0.193. The van der Waals surface area contributed by atoms with Crippen LogP contribution in [-0.4, -0.2) is 27.9 Å². The van der Waals surface area contributed by atoms with Gasteiger partial charge >= 0.3 is 5.97 Å². The minimum Gasteiger partial charge on any atom is -0.504 e. The maximum Gasteiger partial charge on any atom is 0.341 e. The molecule has 0 heterocycles. The molecule has 24 heavy (non-hydrogen) atoms. The van der Waals surface area contributed by atoms with Gasteiger partial charge < -0.3 is 19.8 Å². The summed E-state index contributed by atoms with van der Waals surface area (Å²) in [6, 6.07) is 12.0. The van der Waals surface area contributed by atoms with Gasteiger partial charge in [-0.25, -0.2) is 4.79 Å². The minimum atomic E-state index is -1.03. The van der Waals surface area contributed by atoms with Crippen LogP contribution in [-0.2, 0) is 9.63 Å². The van der Waals surface area contributed by atoms with E-state index in [4.69, 9.17) is 4.74 Å². The number of carbonyl (C=O) groups is 1. The molecule has 0 amide bonds. The van der Waals surface area contributed by atoms with E-state index in [1.54, 1.807) is 30.3 Å². The first-order valence-corrected chi connectivity index (χ1v) is 6.73. The number of rotatable bonds is 6. The van der Waals surface area contributed by atoms with Crippen LogP contribution in [0, 0.1) is 10.1 Å². The van der Waals surface area contributed by atoms with Crippen LogP contribution in [0.4, 0.5) is 0 Å². The predicted molar refractivity (Wildman–Crippen MR) is 82.8 cm³/mol. The lowest BCUT2D eigenvalue weighted by atomic mass is 10.1. The van der Waals surface area contributed by atoms with Crippen molar-refractivity contribution < 1.29 is 29.7 Å². The van der Waals surface area contributed by atoms with Crippen LogP contribution in [0.15, 0.2) is 54.1 Å².